The standard InChI is InChI=1S/C11H18O6.C8H14O4.C7H12O5.C7H12O4/c1-5-7(10(13)16-3)8(11(14)17-4)6-9(12)15-2;1-4-6(8(10)12-3)5-7(9)11-2;1-4(6(9)11-2)5(8)7(10)12-3;1-5(7(9)11-3)4-6(8)10-2/h7-8H,5-6H2,1-4H3;6H,4-5H2,1-3H3;4-5,8H,1-3H3;5H,4H2,1-3H3. The minimum atomic E-state index is -1.46. The van der Waals surface area contributed by atoms with Crippen LogP contribution in [0.4, 0.5) is 0 Å². The van der Waals surface area contributed by atoms with Gasteiger partial charge in [0.15, 0.2) is 6.10 Å². The number of ether oxygens (including phenoxy) is 9. The van der Waals surface area contributed by atoms with Crippen molar-refractivity contribution in [2.45, 2.75) is 65.9 Å². The van der Waals surface area contributed by atoms with Gasteiger partial charge in [-0.25, -0.2) is 4.79 Å². The molecular weight excluding hydrogens is 700 g/mol. The number of aliphatic hydroxyl groups excluding tert-OH is 1. The van der Waals surface area contributed by atoms with Crippen LogP contribution < -0.4 is 0 Å². The minimum absolute atomic E-state index is 0.0726. The Morgan fingerprint density at radius 2 is 0.788 bits per heavy atom. The van der Waals surface area contributed by atoms with Crippen molar-refractivity contribution in [1.82, 2.24) is 0 Å². The lowest BCUT2D eigenvalue weighted by Gasteiger charge is -2.20. The SMILES string of the molecule is CCC(C(=O)OC)C(CC(=O)OC)C(=O)OC.CCC(CC(=O)OC)C(=O)OC.COC(=O)C(C)C(O)C(=O)OC.COC(=O)CC(C)C(=O)OC. The number of aliphatic hydroxyl groups is 1. The van der Waals surface area contributed by atoms with E-state index in [4.69, 9.17) is 5.11 Å². The van der Waals surface area contributed by atoms with E-state index in [0.29, 0.717) is 12.8 Å². The van der Waals surface area contributed by atoms with Crippen LogP contribution >= 0.6 is 0 Å². The summed E-state index contributed by atoms with van der Waals surface area (Å²) in [7, 11) is 11.2. The van der Waals surface area contributed by atoms with Gasteiger partial charge in [-0.3, -0.25) is 38.4 Å². The third-order valence-corrected chi connectivity index (χ3v) is 7.01. The molecule has 0 aliphatic carbocycles. The van der Waals surface area contributed by atoms with E-state index in [1.807, 2.05) is 6.92 Å². The highest BCUT2D eigenvalue weighted by Crippen LogP contribution is 2.23. The van der Waals surface area contributed by atoms with Crippen molar-refractivity contribution in [3.63, 3.8) is 0 Å². The number of carbonyl (C=O) groups is 9. The van der Waals surface area contributed by atoms with Crippen LogP contribution in [0.25, 0.3) is 0 Å². The van der Waals surface area contributed by atoms with E-state index in [0.717, 1.165) is 7.11 Å². The van der Waals surface area contributed by atoms with E-state index in [1.54, 1.807) is 13.8 Å². The van der Waals surface area contributed by atoms with Gasteiger partial charge in [0.05, 0.1) is 113 Å². The molecule has 0 aliphatic rings. The van der Waals surface area contributed by atoms with E-state index >= 15 is 0 Å². The summed E-state index contributed by atoms with van der Waals surface area (Å²) in [6.45, 7) is 6.55. The average molecular weight is 757 g/mol. The molecule has 6 unspecified atom stereocenters. The summed E-state index contributed by atoms with van der Waals surface area (Å²) in [5, 5.41) is 9.11. The Labute approximate surface area is 304 Å². The van der Waals surface area contributed by atoms with Gasteiger partial charge in [-0.1, -0.05) is 20.8 Å². The smallest absolute Gasteiger partial charge is 0.335 e. The Morgan fingerprint density at radius 3 is 1.13 bits per heavy atom. The first-order chi connectivity index (χ1) is 24.3. The van der Waals surface area contributed by atoms with Gasteiger partial charge in [0, 0.05) is 0 Å². The first kappa shape index (κ1) is 54.0. The molecule has 0 saturated heterocycles. The second kappa shape index (κ2) is 32.1. The molecule has 0 aliphatic heterocycles. The third kappa shape index (κ3) is 23.6. The van der Waals surface area contributed by atoms with Crippen molar-refractivity contribution in [2.24, 2.45) is 29.6 Å². The fourth-order valence-corrected chi connectivity index (χ4v) is 3.67. The topological polar surface area (TPSA) is 257 Å². The molecule has 0 bridgehead atoms. The molecule has 0 saturated carbocycles. The normalized spacial score (nSPS) is 13.0. The lowest BCUT2D eigenvalue weighted by atomic mass is 9.87. The number of carbonyl (C=O) groups excluding carboxylic acids is 9. The zero-order chi connectivity index (χ0) is 41.6. The zero-order valence-electron chi connectivity index (χ0n) is 32.3. The van der Waals surface area contributed by atoms with Crippen LogP contribution in [-0.2, 0) is 85.8 Å². The molecule has 52 heavy (non-hydrogen) atoms. The number of methoxy groups -OCH3 is 9. The zero-order valence-corrected chi connectivity index (χ0v) is 32.3. The van der Waals surface area contributed by atoms with Crippen LogP contribution in [0.2, 0.25) is 0 Å². The van der Waals surface area contributed by atoms with Crippen LogP contribution in [-0.4, -0.2) is 129 Å². The molecule has 0 aromatic rings. The minimum Gasteiger partial charge on any atom is -0.469 e. The highest BCUT2D eigenvalue weighted by Gasteiger charge is 2.36. The molecule has 6 atom stereocenters. The number of esters is 9. The Kier molecular flexibility index (Phi) is 33.3. The first-order valence-corrected chi connectivity index (χ1v) is 15.7. The van der Waals surface area contributed by atoms with Gasteiger partial charge in [0.2, 0.25) is 0 Å². The molecule has 0 amide bonds. The maximum atomic E-state index is 11.5. The summed E-state index contributed by atoms with van der Waals surface area (Å²) in [6.07, 6.45) is -0.521. The van der Waals surface area contributed by atoms with Gasteiger partial charge >= 0.3 is 53.7 Å². The molecule has 0 fully saturated rings. The largest absolute Gasteiger partial charge is 0.469 e. The average Bonchev–Trinajstić information content (AvgIpc) is 3.17. The fraction of sp³-hybridized carbons (Fsp3) is 0.727. The molecular formula is C33H56O19. The first-order valence-electron chi connectivity index (χ1n) is 15.7. The Bertz CT molecular complexity index is 1080. The monoisotopic (exact) mass is 756 g/mol. The highest BCUT2D eigenvalue weighted by molar-refractivity contribution is 5.86. The predicted octanol–water partition coefficient (Wildman–Crippen LogP) is 0.975. The van der Waals surface area contributed by atoms with E-state index < -0.39 is 71.6 Å². The lowest BCUT2D eigenvalue weighted by molar-refractivity contribution is -0.162. The fourth-order valence-electron chi connectivity index (χ4n) is 3.67. The van der Waals surface area contributed by atoms with Crippen molar-refractivity contribution in [1.29, 1.82) is 0 Å². The molecule has 0 heterocycles. The second-order valence-electron chi connectivity index (χ2n) is 10.3. The molecule has 302 valence electrons. The molecule has 19 nitrogen and oxygen atoms in total. The van der Waals surface area contributed by atoms with Gasteiger partial charge in [0.25, 0.3) is 0 Å². The molecule has 0 aromatic carbocycles. The summed E-state index contributed by atoms with van der Waals surface area (Å²) in [6, 6.07) is 0. The van der Waals surface area contributed by atoms with Crippen molar-refractivity contribution < 1.29 is 90.9 Å². The summed E-state index contributed by atoms with van der Waals surface area (Å²) >= 11 is 0. The quantitative estimate of drug-likeness (QED) is 0.170. The van der Waals surface area contributed by atoms with Crippen molar-refractivity contribution >= 4 is 53.7 Å². The Morgan fingerprint density at radius 1 is 0.423 bits per heavy atom. The molecule has 1 N–H and O–H groups in total. The summed E-state index contributed by atoms with van der Waals surface area (Å²) in [4.78, 5) is 98.8. The van der Waals surface area contributed by atoms with Crippen LogP contribution in [0.15, 0.2) is 0 Å². The van der Waals surface area contributed by atoms with Gasteiger partial charge < -0.3 is 47.7 Å². The molecule has 0 radical (unpaired) electrons. The number of hydrogen-bond acceptors (Lipinski definition) is 19. The van der Waals surface area contributed by atoms with E-state index in [2.05, 4.69) is 42.6 Å². The van der Waals surface area contributed by atoms with E-state index in [9.17, 15) is 43.2 Å². The summed E-state index contributed by atoms with van der Waals surface area (Å²) < 4.78 is 39.9. The molecule has 0 aromatic heterocycles. The lowest BCUT2D eigenvalue weighted by Crippen LogP contribution is -2.34. The van der Waals surface area contributed by atoms with Gasteiger partial charge in [0.1, 0.15) is 0 Å². The third-order valence-electron chi connectivity index (χ3n) is 7.01. The summed E-state index contributed by atoms with van der Waals surface area (Å²) in [5.41, 5.74) is 0. The highest BCUT2D eigenvalue weighted by atomic mass is 16.6. The van der Waals surface area contributed by atoms with Gasteiger partial charge in [-0.15, -0.1) is 0 Å². The van der Waals surface area contributed by atoms with Gasteiger partial charge in [-0.05, 0) is 19.8 Å². The Balaban J connectivity index is -0.000000300. The maximum Gasteiger partial charge on any atom is 0.335 e. The maximum absolute atomic E-state index is 11.5. The van der Waals surface area contributed by atoms with Crippen LogP contribution in [0.1, 0.15) is 59.8 Å². The molecule has 0 spiro atoms. The number of rotatable bonds is 16. The van der Waals surface area contributed by atoms with Crippen LogP contribution in [0.5, 0.6) is 0 Å². The number of hydrogen-bond donors (Lipinski definition) is 1. The second-order valence-corrected chi connectivity index (χ2v) is 10.3. The predicted molar refractivity (Wildman–Crippen MR) is 177 cm³/mol. The van der Waals surface area contributed by atoms with E-state index in [1.165, 1.54) is 63.8 Å². The van der Waals surface area contributed by atoms with Gasteiger partial charge in [-0.2, -0.15) is 0 Å². The Hall–Kier alpha value is -4.81. The molecule has 0 rings (SSSR count). The van der Waals surface area contributed by atoms with Crippen molar-refractivity contribution in [3.05, 3.63) is 0 Å². The van der Waals surface area contributed by atoms with Crippen LogP contribution in [0, 0.1) is 29.6 Å². The van der Waals surface area contributed by atoms with Crippen LogP contribution in [0.3, 0.4) is 0 Å². The van der Waals surface area contributed by atoms with Crippen molar-refractivity contribution in [2.75, 3.05) is 64.0 Å². The van der Waals surface area contributed by atoms with Crippen molar-refractivity contribution in [3.8, 4) is 0 Å². The van der Waals surface area contributed by atoms with E-state index in [-0.39, 0.29) is 37.1 Å². The molecule has 19 heteroatoms. The summed E-state index contributed by atoms with van der Waals surface area (Å²) in [5.74, 6) is -8.01.